The highest BCUT2D eigenvalue weighted by Gasteiger charge is 2.18. The summed E-state index contributed by atoms with van der Waals surface area (Å²) in [6, 6.07) is 23.2. The second-order valence-corrected chi connectivity index (χ2v) is 7.48. The summed E-state index contributed by atoms with van der Waals surface area (Å²) in [5.41, 5.74) is 3.45. The highest BCUT2D eigenvalue weighted by molar-refractivity contribution is 6.05. The summed E-state index contributed by atoms with van der Waals surface area (Å²) in [4.78, 5) is 12.8. The number of ether oxygens (including phenoxy) is 2. The van der Waals surface area contributed by atoms with Crippen molar-refractivity contribution >= 4 is 22.6 Å². The van der Waals surface area contributed by atoms with Gasteiger partial charge in [0.25, 0.3) is 5.91 Å². The lowest BCUT2D eigenvalue weighted by Gasteiger charge is -2.15. The molecule has 4 aromatic rings. The lowest BCUT2D eigenvalue weighted by molar-refractivity contribution is 0.0998. The maximum absolute atomic E-state index is 12.8. The second-order valence-electron chi connectivity index (χ2n) is 7.48. The van der Waals surface area contributed by atoms with Gasteiger partial charge in [-0.3, -0.25) is 4.79 Å². The van der Waals surface area contributed by atoms with E-state index in [0.29, 0.717) is 23.6 Å². The van der Waals surface area contributed by atoms with Crippen LogP contribution >= 0.6 is 0 Å². The first-order chi connectivity index (χ1) is 15.6. The van der Waals surface area contributed by atoms with Crippen LogP contribution in [0, 0.1) is 0 Å². The Morgan fingerprint density at radius 1 is 0.969 bits per heavy atom. The van der Waals surface area contributed by atoms with Gasteiger partial charge in [-0.15, -0.1) is 0 Å². The third kappa shape index (κ3) is 4.60. The molecule has 1 unspecified atom stereocenters. The molecule has 1 aromatic heterocycles. The first kappa shape index (κ1) is 21.5. The van der Waals surface area contributed by atoms with Crippen LogP contribution in [0.3, 0.4) is 0 Å². The zero-order valence-electron chi connectivity index (χ0n) is 18.3. The van der Waals surface area contributed by atoms with E-state index >= 15 is 0 Å². The van der Waals surface area contributed by atoms with Crippen LogP contribution in [0.4, 0.5) is 5.69 Å². The van der Waals surface area contributed by atoms with E-state index in [4.69, 9.17) is 13.9 Å². The van der Waals surface area contributed by atoms with Gasteiger partial charge in [0.1, 0.15) is 5.75 Å². The van der Waals surface area contributed by atoms with E-state index in [0.717, 1.165) is 16.7 Å². The summed E-state index contributed by atoms with van der Waals surface area (Å²) in [6.07, 6.45) is 0. The molecule has 4 rings (SSSR count). The summed E-state index contributed by atoms with van der Waals surface area (Å²) in [6.45, 7) is 2.74. The Kier molecular flexibility index (Phi) is 6.42. The molecule has 0 aliphatic rings. The molecule has 1 amide bonds. The second kappa shape index (κ2) is 9.58. The number of anilines is 1. The number of carbonyl (C=O) groups excluding carboxylic acids is 1. The molecular weight excluding hydrogens is 404 g/mol. The fourth-order valence-electron chi connectivity index (χ4n) is 3.57. The largest absolute Gasteiger partial charge is 0.497 e. The van der Waals surface area contributed by atoms with Crippen molar-refractivity contribution in [1.29, 1.82) is 0 Å². The van der Waals surface area contributed by atoms with Crippen molar-refractivity contribution in [3.63, 3.8) is 0 Å². The molecule has 0 spiro atoms. The number of furan rings is 1. The molecule has 6 nitrogen and oxygen atoms in total. The van der Waals surface area contributed by atoms with Crippen LogP contribution in [-0.2, 0) is 6.54 Å². The molecular formula is C26H26N2O4. The van der Waals surface area contributed by atoms with Gasteiger partial charge in [-0.05, 0) is 54.4 Å². The van der Waals surface area contributed by atoms with Gasteiger partial charge < -0.3 is 24.5 Å². The average molecular weight is 431 g/mol. The lowest BCUT2D eigenvalue weighted by atomic mass is 10.1. The third-order valence-corrected chi connectivity index (χ3v) is 5.43. The minimum absolute atomic E-state index is 0.179. The predicted octanol–water partition coefficient (Wildman–Crippen LogP) is 5.55. The number of carbonyl (C=O) groups is 1. The third-order valence-electron chi connectivity index (χ3n) is 5.43. The van der Waals surface area contributed by atoms with Gasteiger partial charge in [-0.1, -0.05) is 36.4 Å². The zero-order chi connectivity index (χ0) is 22.5. The van der Waals surface area contributed by atoms with Gasteiger partial charge in [0.05, 0.1) is 14.2 Å². The van der Waals surface area contributed by atoms with E-state index in [2.05, 4.69) is 29.7 Å². The SMILES string of the molecule is COc1ccc(NC(=O)c2cc3c(CNC(C)c4ccccc4)ccc(OC)c3o2)cc1. The maximum Gasteiger partial charge on any atom is 0.291 e. The number of amides is 1. The quantitative estimate of drug-likeness (QED) is 0.383. The molecule has 0 saturated carbocycles. The zero-order valence-corrected chi connectivity index (χ0v) is 18.3. The number of hydrogen-bond donors (Lipinski definition) is 2. The summed E-state index contributed by atoms with van der Waals surface area (Å²) >= 11 is 0. The van der Waals surface area contributed by atoms with Crippen molar-refractivity contribution in [3.05, 3.63) is 89.7 Å². The van der Waals surface area contributed by atoms with Gasteiger partial charge in [-0.2, -0.15) is 0 Å². The van der Waals surface area contributed by atoms with Crippen LogP contribution in [0.2, 0.25) is 0 Å². The fourth-order valence-corrected chi connectivity index (χ4v) is 3.57. The van der Waals surface area contributed by atoms with Crippen LogP contribution in [0.25, 0.3) is 11.0 Å². The topological polar surface area (TPSA) is 72.7 Å². The molecule has 164 valence electrons. The van der Waals surface area contributed by atoms with Crippen molar-refractivity contribution in [2.75, 3.05) is 19.5 Å². The number of rotatable bonds is 8. The Morgan fingerprint density at radius 2 is 1.72 bits per heavy atom. The summed E-state index contributed by atoms with van der Waals surface area (Å²) in [5.74, 6) is 1.20. The van der Waals surface area contributed by atoms with E-state index in [1.165, 1.54) is 5.56 Å². The monoisotopic (exact) mass is 430 g/mol. The molecule has 3 aromatic carbocycles. The molecule has 2 N–H and O–H groups in total. The van der Waals surface area contributed by atoms with E-state index in [9.17, 15) is 4.79 Å². The number of fused-ring (bicyclic) bond motifs is 1. The maximum atomic E-state index is 12.8. The van der Waals surface area contributed by atoms with Gasteiger partial charge in [0.15, 0.2) is 17.1 Å². The average Bonchev–Trinajstić information content (AvgIpc) is 3.29. The van der Waals surface area contributed by atoms with Crippen LogP contribution in [0.1, 0.15) is 34.6 Å². The van der Waals surface area contributed by atoms with Crippen LogP contribution in [0.5, 0.6) is 11.5 Å². The van der Waals surface area contributed by atoms with Crippen LogP contribution < -0.4 is 20.1 Å². The number of hydrogen-bond acceptors (Lipinski definition) is 5. The van der Waals surface area contributed by atoms with Crippen molar-refractivity contribution < 1.29 is 18.7 Å². The number of nitrogens with one attached hydrogen (secondary N) is 2. The lowest BCUT2D eigenvalue weighted by Crippen LogP contribution is -2.18. The Balaban J connectivity index is 1.56. The molecule has 1 heterocycles. The van der Waals surface area contributed by atoms with Crippen molar-refractivity contribution in [3.8, 4) is 11.5 Å². The van der Waals surface area contributed by atoms with Gasteiger partial charge in [-0.25, -0.2) is 0 Å². The Labute approximate surface area is 187 Å². The van der Waals surface area contributed by atoms with Crippen LogP contribution in [-0.4, -0.2) is 20.1 Å². The van der Waals surface area contributed by atoms with Gasteiger partial charge in [0.2, 0.25) is 0 Å². The van der Waals surface area contributed by atoms with E-state index < -0.39 is 0 Å². The van der Waals surface area contributed by atoms with E-state index in [1.54, 1.807) is 44.6 Å². The number of benzene rings is 3. The Hall–Kier alpha value is -3.77. The molecule has 0 radical (unpaired) electrons. The smallest absolute Gasteiger partial charge is 0.291 e. The fraction of sp³-hybridized carbons (Fsp3) is 0.192. The van der Waals surface area contributed by atoms with Crippen molar-refractivity contribution in [1.82, 2.24) is 5.32 Å². The summed E-state index contributed by atoms with van der Waals surface area (Å²) in [5, 5.41) is 7.24. The highest BCUT2D eigenvalue weighted by Crippen LogP contribution is 2.32. The first-order valence-corrected chi connectivity index (χ1v) is 10.4. The Bertz CT molecular complexity index is 1200. The molecule has 0 fully saturated rings. The minimum Gasteiger partial charge on any atom is -0.497 e. The normalized spacial score (nSPS) is 11.8. The van der Waals surface area contributed by atoms with E-state index in [1.807, 2.05) is 30.3 Å². The van der Waals surface area contributed by atoms with Gasteiger partial charge >= 0.3 is 0 Å². The van der Waals surface area contributed by atoms with Gasteiger partial charge in [0, 0.05) is 23.7 Å². The number of methoxy groups -OCH3 is 2. The van der Waals surface area contributed by atoms with Crippen molar-refractivity contribution in [2.24, 2.45) is 0 Å². The standard InChI is InChI=1S/C26H26N2O4/c1-17(18-7-5-4-6-8-18)27-16-19-9-14-23(31-3)25-22(19)15-24(32-25)26(29)28-20-10-12-21(30-2)13-11-20/h4-15,17,27H,16H2,1-3H3,(H,28,29). The minimum atomic E-state index is -0.329. The molecule has 0 aliphatic carbocycles. The Morgan fingerprint density at radius 3 is 2.41 bits per heavy atom. The molecule has 32 heavy (non-hydrogen) atoms. The predicted molar refractivity (Wildman–Crippen MR) is 125 cm³/mol. The molecule has 0 saturated heterocycles. The molecule has 6 heteroatoms. The highest BCUT2D eigenvalue weighted by atomic mass is 16.5. The van der Waals surface area contributed by atoms with Crippen molar-refractivity contribution in [2.45, 2.75) is 19.5 Å². The first-order valence-electron chi connectivity index (χ1n) is 10.4. The molecule has 1 atom stereocenters. The van der Waals surface area contributed by atoms with E-state index in [-0.39, 0.29) is 17.7 Å². The van der Waals surface area contributed by atoms with Crippen LogP contribution in [0.15, 0.2) is 77.2 Å². The molecule has 0 bridgehead atoms. The molecule has 0 aliphatic heterocycles. The summed E-state index contributed by atoms with van der Waals surface area (Å²) in [7, 11) is 3.19. The summed E-state index contributed by atoms with van der Waals surface area (Å²) < 4.78 is 16.5.